The van der Waals surface area contributed by atoms with Crippen LogP contribution in [0.3, 0.4) is 0 Å². The maximum absolute atomic E-state index is 12.6. The highest BCUT2D eigenvalue weighted by atomic mass is 32.2. The zero-order chi connectivity index (χ0) is 14.3. The molecule has 0 spiro atoms. The summed E-state index contributed by atoms with van der Waals surface area (Å²) in [6.07, 6.45) is 4.32. The number of pyridine rings is 1. The Morgan fingerprint density at radius 1 is 1.42 bits per heavy atom. The van der Waals surface area contributed by atoms with E-state index in [0.29, 0.717) is 18.7 Å². The standard InChI is InChI=1S/C13H18N2O3S/c1-10-6-4-9-14-11(10)15(2)12(16)13(7-5-8-13)19(3,17)18/h4,6,9H,5,7-8H2,1-3H3. The fraction of sp³-hybridized carbons (Fsp3) is 0.538. The van der Waals surface area contributed by atoms with Gasteiger partial charge in [-0.3, -0.25) is 9.69 Å². The molecule has 0 bridgehead atoms. The van der Waals surface area contributed by atoms with Crippen LogP contribution in [-0.2, 0) is 14.6 Å². The van der Waals surface area contributed by atoms with Gasteiger partial charge in [0.25, 0.3) is 0 Å². The summed E-state index contributed by atoms with van der Waals surface area (Å²) in [6, 6.07) is 3.63. The minimum Gasteiger partial charge on any atom is -0.298 e. The normalized spacial score (nSPS) is 17.6. The van der Waals surface area contributed by atoms with Gasteiger partial charge in [0.2, 0.25) is 5.91 Å². The van der Waals surface area contributed by atoms with Crippen LogP contribution in [0.15, 0.2) is 18.3 Å². The number of sulfone groups is 1. The molecule has 19 heavy (non-hydrogen) atoms. The number of carbonyl (C=O) groups excluding carboxylic acids is 1. The fourth-order valence-electron chi connectivity index (χ4n) is 2.47. The van der Waals surface area contributed by atoms with Gasteiger partial charge in [-0.05, 0) is 37.8 Å². The lowest BCUT2D eigenvalue weighted by Gasteiger charge is -2.40. The van der Waals surface area contributed by atoms with Gasteiger partial charge in [0, 0.05) is 19.5 Å². The van der Waals surface area contributed by atoms with Crippen molar-refractivity contribution >= 4 is 21.6 Å². The maximum atomic E-state index is 12.6. The summed E-state index contributed by atoms with van der Waals surface area (Å²) in [5.41, 5.74) is 0.848. The van der Waals surface area contributed by atoms with Crippen LogP contribution >= 0.6 is 0 Å². The second-order valence-corrected chi connectivity index (χ2v) is 7.45. The van der Waals surface area contributed by atoms with Crippen LogP contribution in [0, 0.1) is 6.92 Å². The summed E-state index contributed by atoms with van der Waals surface area (Å²) >= 11 is 0. The highest BCUT2D eigenvalue weighted by molar-refractivity contribution is 7.93. The van der Waals surface area contributed by atoms with Gasteiger partial charge in [-0.2, -0.15) is 0 Å². The van der Waals surface area contributed by atoms with Crippen molar-refractivity contribution < 1.29 is 13.2 Å². The summed E-state index contributed by atoms with van der Waals surface area (Å²) in [7, 11) is -1.83. The van der Waals surface area contributed by atoms with Crippen molar-refractivity contribution in [1.82, 2.24) is 4.98 Å². The minimum absolute atomic E-state index is 0.372. The van der Waals surface area contributed by atoms with E-state index in [1.54, 1.807) is 19.3 Å². The lowest BCUT2D eigenvalue weighted by molar-refractivity contribution is -0.122. The average molecular weight is 282 g/mol. The van der Waals surface area contributed by atoms with Crippen molar-refractivity contribution in [1.29, 1.82) is 0 Å². The van der Waals surface area contributed by atoms with Gasteiger partial charge >= 0.3 is 0 Å². The second-order valence-electron chi connectivity index (χ2n) is 5.13. The third kappa shape index (κ3) is 2.14. The van der Waals surface area contributed by atoms with Crippen LogP contribution in [0.25, 0.3) is 0 Å². The Morgan fingerprint density at radius 3 is 2.47 bits per heavy atom. The Bertz CT molecular complexity index is 606. The third-order valence-electron chi connectivity index (χ3n) is 3.86. The monoisotopic (exact) mass is 282 g/mol. The van der Waals surface area contributed by atoms with Crippen molar-refractivity contribution in [3.8, 4) is 0 Å². The molecule has 1 aliphatic carbocycles. The second kappa shape index (κ2) is 4.59. The van der Waals surface area contributed by atoms with Crippen molar-refractivity contribution in [3.63, 3.8) is 0 Å². The zero-order valence-electron chi connectivity index (χ0n) is 11.4. The number of nitrogens with zero attached hydrogens (tertiary/aromatic N) is 2. The van der Waals surface area contributed by atoms with Crippen molar-refractivity contribution in [2.75, 3.05) is 18.2 Å². The average Bonchev–Trinajstić information content (AvgIpc) is 2.25. The van der Waals surface area contributed by atoms with Gasteiger partial charge in [-0.15, -0.1) is 0 Å². The molecule has 6 heteroatoms. The molecular formula is C13H18N2O3S. The highest BCUT2D eigenvalue weighted by Crippen LogP contribution is 2.41. The molecule has 1 aliphatic rings. The summed E-state index contributed by atoms with van der Waals surface area (Å²) in [4.78, 5) is 18.1. The van der Waals surface area contributed by atoms with Crippen molar-refractivity contribution in [2.45, 2.75) is 30.9 Å². The summed E-state index contributed by atoms with van der Waals surface area (Å²) in [6.45, 7) is 1.85. The van der Waals surface area contributed by atoms with Crippen LogP contribution in [0.2, 0.25) is 0 Å². The molecule has 0 unspecified atom stereocenters. The summed E-state index contributed by atoms with van der Waals surface area (Å²) < 4.78 is 22.6. The van der Waals surface area contributed by atoms with Gasteiger partial charge < -0.3 is 0 Å². The molecule has 1 saturated carbocycles. The first-order valence-electron chi connectivity index (χ1n) is 6.19. The topological polar surface area (TPSA) is 67.3 Å². The van der Waals surface area contributed by atoms with Crippen LogP contribution in [0.4, 0.5) is 5.82 Å². The molecule has 1 fully saturated rings. The maximum Gasteiger partial charge on any atom is 0.249 e. The highest BCUT2D eigenvalue weighted by Gasteiger charge is 2.54. The number of hydrogen-bond donors (Lipinski definition) is 0. The van der Waals surface area contributed by atoms with E-state index in [9.17, 15) is 13.2 Å². The van der Waals surface area contributed by atoms with E-state index in [2.05, 4.69) is 4.98 Å². The van der Waals surface area contributed by atoms with Gasteiger partial charge in [0.15, 0.2) is 14.6 Å². The molecular weight excluding hydrogens is 264 g/mol. The van der Waals surface area contributed by atoms with Crippen LogP contribution in [0.5, 0.6) is 0 Å². The zero-order valence-corrected chi connectivity index (χ0v) is 12.2. The molecule has 1 amide bonds. The Morgan fingerprint density at radius 2 is 2.05 bits per heavy atom. The van der Waals surface area contributed by atoms with E-state index in [0.717, 1.165) is 18.2 Å². The molecule has 0 N–H and O–H groups in total. The first kappa shape index (κ1) is 14.0. The van der Waals surface area contributed by atoms with E-state index in [1.165, 1.54) is 4.90 Å². The molecule has 0 atom stereocenters. The molecule has 104 valence electrons. The van der Waals surface area contributed by atoms with E-state index < -0.39 is 14.6 Å². The Hall–Kier alpha value is -1.43. The van der Waals surface area contributed by atoms with Crippen molar-refractivity contribution in [3.05, 3.63) is 23.9 Å². The van der Waals surface area contributed by atoms with Gasteiger partial charge in [0.1, 0.15) is 5.82 Å². The number of hydrogen-bond acceptors (Lipinski definition) is 4. The summed E-state index contributed by atoms with van der Waals surface area (Å²) in [5, 5.41) is 0. The lowest BCUT2D eigenvalue weighted by Crippen LogP contribution is -2.57. The molecule has 1 aromatic rings. The molecule has 0 aliphatic heterocycles. The number of aryl methyl sites for hydroxylation is 1. The molecule has 2 rings (SSSR count). The predicted octanol–water partition coefficient (Wildman–Crippen LogP) is 1.32. The Kier molecular flexibility index (Phi) is 3.38. The summed E-state index contributed by atoms with van der Waals surface area (Å²) in [5.74, 6) is 0.144. The van der Waals surface area contributed by atoms with Crippen LogP contribution in [0.1, 0.15) is 24.8 Å². The SMILES string of the molecule is Cc1cccnc1N(C)C(=O)C1(S(C)(=O)=O)CCC1. The molecule has 0 radical (unpaired) electrons. The fourth-order valence-corrected chi connectivity index (χ4v) is 3.96. The van der Waals surface area contributed by atoms with Gasteiger partial charge in [-0.25, -0.2) is 13.4 Å². The third-order valence-corrected chi connectivity index (χ3v) is 5.87. The molecule has 1 aromatic heterocycles. The smallest absolute Gasteiger partial charge is 0.249 e. The molecule has 0 aromatic carbocycles. The van der Waals surface area contributed by atoms with Crippen molar-refractivity contribution in [2.24, 2.45) is 0 Å². The van der Waals surface area contributed by atoms with Gasteiger partial charge in [-0.1, -0.05) is 6.07 Å². The number of rotatable bonds is 3. The molecule has 5 nitrogen and oxygen atoms in total. The molecule has 0 saturated heterocycles. The van der Waals surface area contributed by atoms with E-state index in [-0.39, 0.29) is 5.91 Å². The van der Waals surface area contributed by atoms with E-state index in [1.807, 2.05) is 13.0 Å². The van der Waals surface area contributed by atoms with Gasteiger partial charge in [0.05, 0.1) is 0 Å². The molecule has 1 heterocycles. The number of aromatic nitrogens is 1. The Balaban J connectivity index is 2.37. The number of carbonyl (C=O) groups is 1. The van der Waals surface area contributed by atoms with Crippen LogP contribution in [-0.4, -0.2) is 37.4 Å². The first-order valence-corrected chi connectivity index (χ1v) is 8.08. The van der Waals surface area contributed by atoms with Crippen LogP contribution < -0.4 is 4.90 Å². The van der Waals surface area contributed by atoms with E-state index >= 15 is 0 Å². The quantitative estimate of drug-likeness (QED) is 0.838. The largest absolute Gasteiger partial charge is 0.298 e. The number of anilines is 1. The minimum atomic E-state index is -3.41. The predicted molar refractivity (Wildman–Crippen MR) is 73.8 cm³/mol. The first-order chi connectivity index (χ1) is 8.79. The Labute approximate surface area is 113 Å². The van der Waals surface area contributed by atoms with E-state index in [4.69, 9.17) is 0 Å². The number of amides is 1. The lowest BCUT2D eigenvalue weighted by atomic mass is 9.83.